The van der Waals surface area contributed by atoms with Crippen molar-refractivity contribution >= 4 is 5.65 Å². The molecule has 0 unspecified atom stereocenters. The van der Waals surface area contributed by atoms with E-state index in [1.54, 1.807) is 12.4 Å². The van der Waals surface area contributed by atoms with Crippen molar-refractivity contribution in [2.75, 3.05) is 7.05 Å². The van der Waals surface area contributed by atoms with Crippen LogP contribution in [-0.4, -0.2) is 31.3 Å². The van der Waals surface area contributed by atoms with Gasteiger partial charge in [-0.1, -0.05) is 0 Å². The van der Waals surface area contributed by atoms with E-state index in [-0.39, 0.29) is 0 Å². The summed E-state index contributed by atoms with van der Waals surface area (Å²) in [6.45, 7) is 3.02. The Kier molecular flexibility index (Phi) is 3.43. The topological polar surface area (TPSA) is 46.3 Å². The van der Waals surface area contributed by atoms with Gasteiger partial charge in [0.05, 0.1) is 18.1 Å². The Morgan fingerprint density at radius 1 is 1.15 bits per heavy atom. The molecule has 3 aromatic heterocycles. The summed E-state index contributed by atoms with van der Waals surface area (Å²) >= 11 is 0. The van der Waals surface area contributed by atoms with Crippen molar-refractivity contribution < 1.29 is 0 Å². The fraction of sp³-hybridized carbons (Fsp3) is 0.267. The molecule has 0 spiro atoms. The van der Waals surface area contributed by atoms with Gasteiger partial charge >= 0.3 is 0 Å². The largest absolute Gasteiger partial charge is 0.300 e. The molecule has 20 heavy (non-hydrogen) atoms. The van der Waals surface area contributed by atoms with Gasteiger partial charge in [-0.15, -0.1) is 0 Å². The minimum Gasteiger partial charge on any atom is -0.300 e. The third-order valence-electron chi connectivity index (χ3n) is 3.65. The molecular formula is C15H17N5. The van der Waals surface area contributed by atoms with Crippen LogP contribution in [0.15, 0.2) is 49.3 Å². The zero-order valence-electron chi connectivity index (χ0n) is 11.6. The van der Waals surface area contributed by atoms with Crippen molar-refractivity contribution in [2.45, 2.75) is 19.5 Å². The van der Waals surface area contributed by atoms with E-state index in [2.05, 4.69) is 50.4 Å². The van der Waals surface area contributed by atoms with Crippen molar-refractivity contribution in [1.82, 2.24) is 24.3 Å². The molecule has 5 heteroatoms. The second-order valence-corrected chi connectivity index (χ2v) is 4.93. The monoisotopic (exact) mass is 267 g/mol. The number of hydrogen-bond acceptors (Lipinski definition) is 4. The lowest BCUT2D eigenvalue weighted by Gasteiger charge is -2.24. The summed E-state index contributed by atoms with van der Waals surface area (Å²) in [6.07, 6.45) is 11.1. The third kappa shape index (κ3) is 2.40. The lowest BCUT2D eigenvalue weighted by molar-refractivity contribution is 0.249. The van der Waals surface area contributed by atoms with Crippen molar-refractivity contribution in [1.29, 1.82) is 0 Å². The minimum atomic E-state index is 0.324. The molecule has 0 bridgehead atoms. The summed E-state index contributed by atoms with van der Waals surface area (Å²) in [4.78, 5) is 14.8. The zero-order valence-corrected chi connectivity index (χ0v) is 11.6. The molecule has 3 rings (SSSR count). The molecule has 0 amide bonds. The van der Waals surface area contributed by atoms with E-state index in [9.17, 15) is 0 Å². The van der Waals surface area contributed by atoms with Gasteiger partial charge in [0.2, 0.25) is 0 Å². The second kappa shape index (κ2) is 5.38. The first-order valence-electron chi connectivity index (χ1n) is 6.62. The van der Waals surface area contributed by atoms with Crippen molar-refractivity contribution in [3.05, 3.63) is 60.6 Å². The van der Waals surface area contributed by atoms with E-state index >= 15 is 0 Å². The molecule has 0 aliphatic carbocycles. The standard InChI is InChI=1S/C15H17N5/c1-12(13-3-5-16-6-4-13)19(2)11-14-9-18-15-10-17-7-8-20(14)15/h3-10,12H,11H2,1-2H3/t12-/m1/s1. The van der Waals surface area contributed by atoms with Crippen LogP contribution in [0.5, 0.6) is 0 Å². The fourth-order valence-electron chi connectivity index (χ4n) is 2.30. The molecule has 102 valence electrons. The summed E-state index contributed by atoms with van der Waals surface area (Å²) in [7, 11) is 2.12. The van der Waals surface area contributed by atoms with Gasteiger partial charge < -0.3 is 0 Å². The van der Waals surface area contributed by atoms with Crippen LogP contribution in [0, 0.1) is 0 Å². The molecule has 0 aliphatic rings. The summed E-state index contributed by atoms with van der Waals surface area (Å²) in [5.41, 5.74) is 3.30. The van der Waals surface area contributed by atoms with Crippen LogP contribution < -0.4 is 0 Å². The lowest BCUT2D eigenvalue weighted by Crippen LogP contribution is -2.22. The highest BCUT2D eigenvalue weighted by Gasteiger charge is 2.13. The number of fused-ring (bicyclic) bond motifs is 1. The maximum atomic E-state index is 4.37. The number of imidazole rings is 1. The van der Waals surface area contributed by atoms with E-state index in [1.807, 2.05) is 24.8 Å². The Labute approximate surface area is 117 Å². The molecule has 0 aromatic carbocycles. The lowest BCUT2D eigenvalue weighted by atomic mass is 10.1. The summed E-state index contributed by atoms with van der Waals surface area (Å²) in [6, 6.07) is 4.43. The molecule has 3 heterocycles. The second-order valence-electron chi connectivity index (χ2n) is 4.93. The van der Waals surface area contributed by atoms with Crippen LogP contribution in [0.1, 0.15) is 24.2 Å². The summed E-state index contributed by atoms with van der Waals surface area (Å²) in [5.74, 6) is 0. The van der Waals surface area contributed by atoms with E-state index in [4.69, 9.17) is 0 Å². The molecule has 0 saturated heterocycles. The molecule has 0 radical (unpaired) electrons. The van der Waals surface area contributed by atoms with Crippen LogP contribution in [0.2, 0.25) is 0 Å². The fourth-order valence-corrected chi connectivity index (χ4v) is 2.30. The number of pyridine rings is 1. The first-order valence-corrected chi connectivity index (χ1v) is 6.62. The number of rotatable bonds is 4. The molecule has 3 aromatic rings. The van der Waals surface area contributed by atoms with Crippen molar-refractivity contribution in [3.8, 4) is 0 Å². The van der Waals surface area contributed by atoms with Crippen LogP contribution in [-0.2, 0) is 6.54 Å². The number of hydrogen-bond donors (Lipinski definition) is 0. The summed E-state index contributed by atoms with van der Waals surface area (Å²) in [5, 5.41) is 0. The highest BCUT2D eigenvalue weighted by atomic mass is 15.2. The molecule has 0 saturated carbocycles. The Morgan fingerprint density at radius 2 is 1.95 bits per heavy atom. The van der Waals surface area contributed by atoms with Crippen LogP contribution in [0.3, 0.4) is 0 Å². The Bertz CT molecular complexity index is 692. The molecule has 5 nitrogen and oxygen atoms in total. The molecule has 1 atom stereocenters. The predicted octanol–water partition coefficient (Wildman–Crippen LogP) is 2.32. The van der Waals surface area contributed by atoms with Gasteiger partial charge in [0.1, 0.15) is 0 Å². The van der Waals surface area contributed by atoms with Gasteiger partial charge in [-0.25, -0.2) is 4.98 Å². The Morgan fingerprint density at radius 3 is 2.75 bits per heavy atom. The molecule has 0 aliphatic heterocycles. The van der Waals surface area contributed by atoms with E-state index in [0.717, 1.165) is 17.9 Å². The van der Waals surface area contributed by atoms with Gasteiger partial charge in [-0.2, -0.15) is 0 Å². The highest BCUT2D eigenvalue weighted by Crippen LogP contribution is 2.20. The van der Waals surface area contributed by atoms with Crippen LogP contribution in [0.4, 0.5) is 0 Å². The Balaban J connectivity index is 1.80. The van der Waals surface area contributed by atoms with Gasteiger partial charge in [0, 0.05) is 37.4 Å². The van der Waals surface area contributed by atoms with Crippen molar-refractivity contribution in [3.63, 3.8) is 0 Å². The smallest absolute Gasteiger partial charge is 0.155 e. The van der Waals surface area contributed by atoms with Crippen molar-refractivity contribution in [2.24, 2.45) is 0 Å². The number of nitrogens with zero attached hydrogens (tertiary/aromatic N) is 5. The Hall–Kier alpha value is -2.27. The number of aromatic nitrogens is 4. The zero-order chi connectivity index (χ0) is 13.9. The summed E-state index contributed by atoms with van der Waals surface area (Å²) < 4.78 is 2.07. The maximum Gasteiger partial charge on any atom is 0.155 e. The van der Waals surface area contributed by atoms with E-state index < -0.39 is 0 Å². The van der Waals surface area contributed by atoms with Gasteiger partial charge in [-0.05, 0) is 31.7 Å². The average molecular weight is 267 g/mol. The van der Waals surface area contributed by atoms with Gasteiger partial charge in [0.15, 0.2) is 5.65 Å². The molecular weight excluding hydrogens is 250 g/mol. The predicted molar refractivity (Wildman–Crippen MR) is 77.1 cm³/mol. The van der Waals surface area contributed by atoms with E-state index in [1.165, 1.54) is 5.56 Å². The third-order valence-corrected chi connectivity index (χ3v) is 3.65. The molecule has 0 fully saturated rings. The SMILES string of the molecule is C[C@H](c1ccncc1)N(C)Cc1cnc2cnccn12. The normalized spacial score (nSPS) is 12.9. The van der Waals surface area contributed by atoms with Crippen LogP contribution >= 0.6 is 0 Å². The highest BCUT2D eigenvalue weighted by molar-refractivity contribution is 5.36. The maximum absolute atomic E-state index is 4.37. The molecule has 0 N–H and O–H groups in total. The average Bonchev–Trinajstić information content (AvgIpc) is 2.91. The van der Waals surface area contributed by atoms with Gasteiger partial charge in [0.25, 0.3) is 0 Å². The van der Waals surface area contributed by atoms with Crippen LogP contribution in [0.25, 0.3) is 5.65 Å². The quantitative estimate of drug-likeness (QED) is 0.728. The van der Waals surface area contributed by atoms with E-state index in [0.29, 0.717) is 6.04 Å². The van der Waals surface area contributed by atoms with Gasteiger partial charge in [-0.3, -0.25) is 19.3 Å². The first kappa shape index (κ1) is 12.7. The minimum absolute atomic E-state index is 0.324. The first-order chi connectivity index (χ1) is 9.75.